The minimum atomic E-state index is -0.581. The third-order valence-corrected chi connectivity index (χ3v) is 11.5. The van der Waals surface area contributed by atoms with Crippen molar-refractivity contribution in [2.24, 2.45) is 24.1 Å². The lowest BCUT2D eigenvalue weighted by Gasteiger charge is -2.16. The molecule has 0 bridgehead atoms. The Hall–Kier alpha value is -6.76. The summed E-state index contributed by atoms with van der Waals surface area (Å²) < 4.78 is 19.2. The second kappa shape index (κ2) is 19.7. The van der Waals surface area contributed by atoms with Crippen LogP contribution in [0.2, 0.25) is 10.0 Å². The highest BCUT2D eigenvalue weighted by Crippen LogP contribution is 2.41. The van der Waals surface area contributed by atoms with Gasteiger partial charge in [0.15, 0.2) is 0 Å². The summed E-state index contributed by atoms with van der Waals surface area (Å²) in [5.41, 5.74) is 9.46. The molecule has 2 unspecified atom stereocenters. The highest BCUT2D eigenvalue weighted by atomic mass is 35.5. The molecule has 0 saturated heterocycles. The highest BCUT2D eigenvalue weighted by molar-refractivity contribution is 6.31. The van der Waals surface area contributed by atoms with E-state index in [1.807, 2.05) is 85.9 Å². The number of rotatable bonds is 10. The molecule has 4 heterocycles. The summed E-state index contributed by atoms with van der Waals surface area (Å²) in [7, 11) is 6.65. The van der Waals surface area contributed by atoms with Gasteiger partial charge >= 0.3 is 5.97 Å². The van der Waals surface area contributed by atoms with Crippen molar-refractivity contribution in [3.8, 4) is 33.8 Å². The maximum Gasteiger partial charge on any atom is 0.308 e. The Morgan fingerprint density at radius 3 is 1.45 bits per heavy atom. The van der Waals surface area contributed by atoms with Crippen LogP contribution >= 0.6 is 23.2 Å². The van der Waals surface area contributed by atoms with Gasteiger partial charge in [0.1, 0.15) is 11.5 Å². The average molecular weight is 901 g/mol. The smallest absolute Gasteiger partial charge is 0.308 e. The molecule has 0 aliphatic carbocycles. The molecular weight excluding hydrogens is 853 g/mol. The molecule has 8 rings (SSSR count). The van der Waals surface area contributed by atoms with Gasteiger partial charge in [0, 0.05) is 88.6 Å². The van der Waals surface area contributed by atoms with Crippen LogP contribution in [0.25, 0.3) is 22.3 Å². The molecule has 2 atom stereocenters. The van der Waals surface area contributed by atoms with Crippen LogP contribution in [0.5, 0.6) is 11.5 Å². The van der Waals surface area contributed by atoms with E-state index in [9.17, 15) is 19.2 Å². The van der Waals surface area contributed by atoms with Gasteiger partial charge in [-0.25, -0.2) is 0 Å². The predicted octanol–water partition coefficient (Wildman–Crippen LogP) is 8.69. The summed E-state index contributed by atoms with van der Waals surface area (Å²) in [4.78, 5) is 60.1. The molecule has 14 heteroatoms. The molecule has 1 amide bonds. The zero-order chi connectivity index (χ0) is 45.7. The van der Waals surface area contributed by atoms with Gasteiger partial charge in [-0.15, -0.1) is 0 Å². The third kappa shape index (κ3) is 9.73. The number of aliphatic imine (C=N–C) groups is 2. The molecule has 328 valence electrons. The second-order valence-electron chi connectivity index (χ2n) is 15.2. The zero-order valence-corrected chi connectivity index (χ0v) is 37.8. The summed E-state index contributed by atoms with van der Waals surface area (Å²) in [6, 6.07) is 28.4. The van der Waals surface area contributed by atoms with Crippen molar-refractivity contribution in [3.63, 3.8) is 0 Å². The fraction of sp³-hybridized carbons (Fsp3) is 0.240. The molecule has 12 nitrogen and oxygen atoms in total. The lowest BCUT2D eigenvalue weighted by molar-refractivity contribution is -0.143. The molecule has 6 aromatic rings. The van der Waals surface area contributed by atoms with Crippen LogP contribution in [0.4, 0.5) is 0 Å². The fourth-order valence-electron chi connectivity index (χ4n) is 7.85. The second-order valence-corrected chi connectivity index (χ2v) is 16.0. The number of halogens is 2. The molecule has 2 aromatic heterocycles. The Morgan fingerprint density at radius 2 is 1.05 bits per heavy atom. The Morgan fingerprint density at radius 1 is 0.609 bits per heavy atom. The summed E-state index contributed by atoms with van der Waals surface area (Å²) in [5, 5.41) is 4.08. The molecule has 1 N–H and O–H groups in total. The van der Waals surface area contributed by atoms with Crippen molar-refractivity contribution in [1.82, 2.24) is 14.5 Å². The Balaban J connectivity index is 0.000000191. The topological polar surface area (TPSA) is 143 Å². The SMILES string of the molecule is CCNC(=O)CC1N=C(c2ccc(Cl)cc2)c2cc(OC)ccc2-c2cn(C)c(=O)cc21.CCOC(=O)CC1N=C(c2ccc(Cl)cc2)c2cc(OC)ccc2-c2cn(C)c(=O)cc21. The van der Waals surface area contributed by atoms with Gasteiger partial charge in [-0.3, -0.25) is 29.2 Å². The van der Waals surface area contributed by atoms with Crippen LogP contribution in [0, 0.1) is 0 Å². The van der Waals surface area contributed by atoms with Gasteiger partial charge in [0.2, 0.25) is 5.91 Å². The summed E-state index contributed by atoms with van der Waals surface area (Å²) in [6.45, 7) is 4.44. The van der Waals surface area contributed by atoms with Crippen molar-refractivity contribution in [2.75, 3.05) is 27.4 Å². The van der Waals surface area contributed by atoms with Crippen molar-refractivity contribution < 1.29 is 23.8 Å². The number of aryl methyl sites for hydroxylation is 2. The first kappa shape index (κ1) is 45.3. The Bertz CT molecular complexity index is 2720. The number of aromatic nitrogens is 2. The first-order chi connectivity index (χ1) is 30.8. The first-order valence-electron chi connectivity index (χ1n) is 20.7. The van der Waals surface area contributed by atoms with E-state index >= 15 is 0 Å². The molecule has 2 aliphatic rings. The quantitative estimate of drug-likeness (QED) is 0.136. The van der Waals surface area contributed by atoms with Crippen LogP contribution in [0.15, 0.2) is 129 Å². The molecule has 4 aromatic carbocycles. The fourth-order valence-corrected chi connectivity index (χ4v) is 8.10. The monoisotopic (exact) mass is 899 g/mol. The molecular formula is C50H47Cl2N5O7. The summed E-state index contributed by atoms with van der Waals surface area (Å²) in [5.74, 6) is 0.887. The van der Waals surface area contributed by atoms with Gasteiger partial charge in [0.25, 0.3) is 11.1 Å². The first-order valence-corrected chi connectivity index (χ1v) is 21.5. The number of nitrogens with one attached hydrogen (secondary N) is 1. The van der Waals surface area contributed by atoms with Crippen LogP contribution in [0.1, 0.15) is 72.2 Å². The molecule has 0 fully saturated rings. The largest absolute Gasteiger partial charge is 0.497 e. The molecule has 2 aliphatic heterocycles. The van der Waals surface area contributed by atoms with Crippen LogP contribution in [-0.4, -0.2) is 59.8 Å². The van der Waals surface area contributed by atoms with E-state index in [2.05, 4.69) is 5.32 Å². The van der Waals surface area contributed by atoms with Gasteiger partial charge < -0.3 is 28.7 Å². The minimum absolute atomic E-state index is 0.0240. The number of carbonyl (C=O) groups is 2. The van der Waals surface area contributed by atoms with E-state index in [-0.39, 0.29) is 42.4 Å². The third-order valence-electron chi connectivity index (χ3n) is 11.0. The van der Waals surface area contributed by atoms with Gasteiger partial charge in [-0.2, -0.15) is 0 Å². The predicted molar refractivity (Wildman–Crippen MR) is 252 cm³/mol. The average Bonchev–Trinajstić information content (AvgIpc) is 3.48. The van der Waals surface area contributed by atoms with Crippen molar-refractivity contribution in [1.29, 1.82) is 0 Å². The number of hydrogen-bond acceptors (Lipinski definition) is 9. The Kier molecular flexibility index (Phi) is 14.0. The van der Waals surface area contributed by atoms with Gasteiger partial charge in [0.05, 0.1) is 57.2 Å². The normalized spacial score (nSPS) is 14.6. The minimum Gasteiger partial charge on any atom is -0.497 e. The summed E-state index contributed by atoms with van der Waals surface area (Å²) in [6.07, 6.45) is 3.77. The lowest BCUT2D eigenvalue weighted by atomic mass is 9.91. The number of carbonyl (C=O) groups excluding carboxylic acids is 2. The maximum absolute atomic E-state index is 12.5. The van der Waals surface area contributed by atoms with Crippen molar-refractivity contribution >= 4 is 46.5 Å². The van der Waals surface area contributed by atoms with Crippen molar-refractivity contribution in [3.05, 3.63) is 174 Å². The van der Waals surface area contributed by atoms with Gasteiger partial charge in [-0.05, 0) is 96.8 Å². The van der Waals surface area contributed by atoms with E-state index in [1.165, 1.54) is 4.57 Å². The number of nitrogens with zero attached hydrogens (tertiary/aromatic N) is 4. The number of fused-ring (bicyclic) bond motifs is 6. The highest BCUT2D eigenvalue weighted by Gasteiger charge is 2.30. The molecule has 0 saturated carbocycles. The van der Waals surface area contributed by atoms with E-state index in [1.54, 1.807) is 70.3 Å². The maximum atomic E-state index is 12.5. The number of amides is 1. The molecule has 64 heavy (non-hydrogen) atoms. The van der Waals surface area contributed by atoms with Crippen molar-refractivity contribution in [2.45, 2.75) is 38.8 Å². The standard InChI is InChI=1S/C25H24ClN3O3.C25H23ClN2O4/c1-4-27-23(30)13-22-19-12-24(31)29(2)14-21(19)18-10-9-17(32-3)11-20(18)25(28-22)15-5-7-16(26)8-6-15;1-4-32-24(30)13-22-19-12-23(29)28(2)14-21(19)18-10-9-17(31-3)11-20(18)25(27-22)15-5-7-16(26)8-6-15/h5-12,14,22H,4,13H2,1-3H3,(H,27,30);5-12,14,22H,4,13H2,1-3H3. The summed E-state index contributed by atoms with van der Waals surface area (Å²) >= 11 is 12.2. The van der Waals surface area contributed by atoms with E-state index in [0.717, 1.165) is 55.8 Å². The van der Waals surface area contributed by atoms with Crippen LogP contribution < -0.4 is 25.9 Å². The number of ether oxygens (including phenoxy) is 3. The van der Waals surface area contributed by atoms with Crippen LogP contribution in [-0.2, 0) is 28.4 Å². The zero-order valence-electron chi connectivity index (χ0n) is 36.3. The van der Waals surface area contributed by atoms with Gasteiger partial charge in [-0.1, -0.05) is 47.5 Å². The molecule has 0 radical (unpaired) electrons. The Labute approximate surface area is 380 Å². The van der Waals surface area contributed by atoms with E-state index in [4.69, 9.17) is 47.4 Å². The van der Waals surface area contributed by atoms with E-state index < -0.39 is 12.1 Å². The number of methoxy groups -OCH3 is 2. The van der Waals surface area contributed by atoms with Crippen LogP contribution in [0.3, 0.4) is 0 Å². The van der Waals surface area contributed by atoms with E-state index in [0.29, 0.717) is 39.4 Å². The number of esters is 1. The lowest BCUT2D eigenvalue weighted by Crippen LogP contribution is -2.25. The number of hydrogen-bond donors (Lipinski definition) is 1. The number of pyridine rings is 2. The number of benzene rings is 4. The molecule has 0 spiro atoms.